The topological polar surface area (TPSA) is 137 Å². The number of rotatable bonds is 4. The van der Waals surface area contributed by atoms with Crippen molar-refractivity contribution in [2.24, 2.45) is 0 Å². The molecule has 1 aliphatic heterocycles. The molecule has 8 nitrogen and oxygen atoms in total. The second-order valence-electron chi connectivity index (χ2n) is 3.81. The molecule has 5 N–H and O–H groups in total. The van der Waals surface area contributed by atoms with Crippen LogP contribution in [0.4, 0.5) is 0 Å². The predicted octanol–water partition coefficient (Wildman–Crippen LogP) is -2.72. The maximum atomic E-state index is 10.6. The van der Waals surface area contributed by atoms with Crippen molar-refractivity contribution in [1.82, 2.24) is 0 Å². The molecule has 0 saturated carbocycles. The number of carbonyl (C=O) groups is 1. The Morgan fingerprint density at radius 2 is 1.88 bits per heavy atom. The van der Waals surface area contributed by atoms with Crippen LogP contribution in [0.15, 0.2) is 0 Å². The molecule has 1 fully saturated rings. The zero-order valence-corrected chi connectivity index (χ0v) is 9.13. The summed E-state index contributed by atoms with van der Waals surface area (Å²) >= 11 is 0. The maximum absolute atomic E-state index is 10.6. The van der Waals surface area contributed by atoms with E-state index >= 15 is 0 Å². The summed E-state index contributed by atoms with van der Waals surface area (Å²) in [6, 6.07) is 0. The molecule has 1 saturated heterocycles. The minimum atomic E-state index is -1.59. The van der Waals surface area contributed by atoms with Crippen molar-refractivity contribution in [3.05, 3.63) is 0 Å². The van der Waals surface area contributed by atoms with Gasteiger partial charge in [-0.3, -0.25) is 0 Å². The van der Waals surface area contributed by atoms with Crippen molar-refractivity contribution in [3.8, 4) is 0 Å². The fraction of sp³-hybridized carbons (Fsp3) is 0.889. The highest BCUT2D eigenvalue weighted by molar-refractivity contribution is 5.71. The summed E-state index contributed by atoms with van der Waals surface area (Å²) in [4.78, 5) is 10.6. The van der Waals surface area contributed by atoms with Gasteiger partial charge in [0.2, 0.25) is 0 Å². The molecule has 0 radical (unpaired) electrons. The van der Waals surface area contributed by atoms with Gasteiger partial charge in [0.15, 0.2) is 12.4 Å². The van der Waals surface area contributed by atoms with Crippen LogP contribution in [0.5, 0.6) is 0 Å². The summed E-state index contributed by atoms with van der Waals surface area (Å²) in [5.41, 5.74) is 0. The highest BCUT2D eigenvalue weighted by atomic mass is 16.7. The summed E-state index contributed by atoms with van der Waals surface area (Å²) in [6.07, 6.45) is -8.44. The molecule has 8 heteroatoms. The van der Waals surface area contributed by atoms with Gasteiger partial charge in [0.05, 0.1) is 6.61 Å². The summed E-state index contributed by atoms with van der Waals surface area (Å²) in [7, 11) is 0. The number of hydrogen-bond donors (Lipinski definition) is 5. The second kappa shape index (κ2) is 5.71. The van der Waals surface area contributed by atoms with Crippen LogP contribution >= 0.6 is 0 Å². The minimum Gasteiger partial charge on any atom is -0.479 e. The smallest absolute Gasteiger partial charge is 0.332 e. The molecule has 6 atom stereocenters. The van der Waals surface area contributed by atoms with E-state index in [1.807, 2.05) is 0 Å². The van der Waals surface area contributed by atoms with Crippen LogP contribution in [0.3, 0.4) is 0 Å². The first-order valence-electron chi connectivity index (χ1n) is 5.07. The molecule has 0 aromatic carbocycles. The summed E-state index contributed by atoms with van der Waals surface area (Å²) in [6.45, 7) is 0.635. The number of ether oxygens (including phenoxy) is 2. The zero-order valence-electron chi connectivity index (χ0n) is 9.13. The average Bonchev–Trinajstić information content (AvgIpc) is 2.29. The van der Waals surface area contributed by atoms with E-state index in [9.17, 15) is 20.1 Å². The molecule has 0 spiro atoms. The largest absolute Gasteiger partial charge is 0.479 e. The molecule has 100 valence electrons. The zero-order chi connectivity index (χ0) is 13.2. The van der Waals surface area contributed by atoms with Gasteiger partial charge in [-0.15, -0.1) is 0 Å². The van der Waals surface area contributed by atoms with Crippen molar-refractivity contribution < 1.29 is 39.8 Å². The standard InChI is InChI=1S/C9H16O8/c1-3(8(14)15)16-9-7(13)6(12)5(11)4(2-10)17-9/h3-7,9-13H,2H2,1H3,(H,14,15)/t3-,4?,5-,6?,7-,9+/m1/s1. The summed E-state index contributed by atoms with van der Waals surface area (Å²) < 4.78 is 9.82. The molecule has 0 aromatic heterocycles. The lowest BCUT2D eigenvalue weighted by molar-refractivity contribution is -0.308. The third-order valence-electron chi connectivity index (χ3n) is 2.53. The van der Waals surface area contributed by atoms with Crippen LogP contribution in [0, 0.1) is 0 Å². The Morgan fingerprint density at radius 3 is 2.35 bits per heavy atom. The Kier molecular flexibility index (Phi) is 4.80. The SMILES string of the molecule is C[C@@H](O[C@H]1OC(CO)[C@@H](O)C(O)[C@H]1O)C(=O)O. The fourth-order valence-corrected chi connectivity index (χ4v) is 1.44. The third-order valence-corrected chi connectivity index (χ3v) is 2.53. The van der Waals surface area contributed by atoms with E-state index in [0.717, 1.165) is 0 Å². The van der Waals surface area contributed by atoms with Gasteiger partial charge in [-0.05, 0) is 6.92 Å². The average molecular weight is 252 g/mol. The summed E-state index contributed by atoms with van der Waals surface area (Å²) in [5.74, 6) is -1.26. The Morgan fingerprint density at radius 1 is 1.29 bits per heavy atom. The van der Waals surface area contributed by atoms with Crippen LogP contribution in [0.1, 0.15) is 6.92 Å². The van der Waals surface area contributed by atoms with Crippen molar-refractivity contribution in [1.29, 1.82) is 0 Å². The third kappa shape index (κ3) is 3.12. The Balaban J connectivity index is 2.68. The van der Waals surface area contributed by atoms with Gasteiger partial charge >= 0.3 is 5.97 Å². The number of hydrogen-bond acceptors (Lipinski definition) is 7. The molecule has 1 heterocycles. The molecule has 2 unspecified atom stereocenters. The van der Waals surface area contributed by atoms with Crippen molar-refractivity contribution in [2.75, 3.05) is 6.61 Å². The normalized spacial score (nSPS) is 39.9. The van der Waals surface area contributed by atoms with E-state index in [0.29, 0.717) is 0 Å². The number of carboxylic acids is 1. The van der Waals surface area contributed by atoms with Crippen LogP contribution in [0.25, 0.3) is 0 Å². The van der Waals surface area contributed by atoms with Gasteiger partial charge in [-0.25, -0.2) is 4.79 Å². The van der Waals surface area contributed by atoms with Crippen molar-refractivity contribution in [2.45, 2.75) is 43.7 Å². The van der Waals surface area contributed by atoms with E-state index in [1.54, 1.807) is 0 Å². The lowest BCUT2D eigenvalue weighted by Gasteiger charge is -2.40. The highest BCUT2D eigenvalue weighted by Crippen LogP contribution is 2.22. The molecule has 17 heavy (non-hydrogen) atoms. The molecule has 0 aliphatic carbocycles. The predicted molar refractivity (Wildman–Crippen MR) is 52.0 cm³/mol. The number of carboxylic acid groups (broad SMARTS) is 1. The molecule has 0 amide bonds. The molecular weight excluding hydrogens is 236 g/mol. The second-order valence-corrected chi connectivity index (χ2v) is 3.81. The minimum absolute atomic E-state index is 0.591. The quantitative estimate of drug-likeness (QED) is 0.364. The van der Waals surface area contributed by atoms with E-state index in [1.165, 1.54) is 6.92 Å². The van der Waals surface area contributed by atoms with Crippen LogP contribution in [-0.4, -0.2) is 74.9 Å². The maximum Gasteiger partial charge on any atom is 0.332 e. The van der Waals surface area contributed by atoms with Gasteiger partial charge in [0.25, 0.3) is 0 Å². The van der Waals surface area contributed by atoms with E-state index in [4.69, 9.17) is 19.7 Å². The van der Waals surface area contributed by atoms with E-state index in [2.05, 4.69) is 0 Å². The van der Waals surface area contributed by atoms with E-state index < -0.39 is 49.4 Å². The van der Waals surface area contributed by atoms with Crippen molar-refractivity contribution >= 4 is 5.97 Å². The molecule has 1 rings (SSSR count). The molecule has 0 aromatic rings. The Bertz CT molecular complexity index is 268. The number of aliphatic carboxylic acids is 1. The first-order chi connectivity index (χ1) is 7.88. The van der Waals surface area contributed by atoms with E-state index in [-0.39, 0.29) is 0 Å². The highest BCUT2D eigenvalue weighted by Gasteiger charge is 2.44. The van der Waals surface area contributed by atoms with Crippen LogP contribution in [0.2, 0.25) is 0 Å². The summed E-state index contributed by atoms with van der Waals surface area (Å²) in [5, 5.41) is 45.9. The van der Waals surface area contributed by atoms with Crippen LogP contribution < -0.4 is 0 Å². The lowest BCUT2D eigenvalue weighted by atomic mass is 9.99. The molecule has 1 aliphatic rings. The van der Waals surface area contributed by atoms with Crippen LogP contribution in [-0.2, 0) is 14.3 Å². The first kappa shape index (κ1) is 14.3. The molecular formula is C9H16O8. The first-order valence-corrected chi connectivity index (χ1v) is 5.07. The van der Waals surface area contributed by atoms with Gasteiger partial charge < -0.3 is 35.0 Å². The Labute approximate surface area is 97.0 Å². The Hall–Kier alpha value is -0.770. The molecule has 0 bridgehead atoms. The van der Waals surface area contributed by atoms with Gasteiger partial charge in [-0.2, -0.15) is 0 Å². The van der Waals surface area contributed by atoms with Gasteiger partial charge in [-0.1, -0.05) is 0 Å². The van der Waals surface area contributed by atoms with Gasteiger partial charge in [0, 0.05) is 0 Å². The van der Waals surface area contributed by atoms with Crippen molar-refractivity contribution in [3.63, 3.8) is 0 Å². The lowest BCUT2D eigenvalue weighted by Crippen LogP contribution is -2.59. The number of aliphatic hydroxyl groups is 4. The van der Waals surface area contributed by atoms with Gasteiger partial charge in [0.1, 0.15) is 24.4 Å². The number of aliphatic hydroxyl groups excluding tert-OH is 4. The monoisotopic (exact) mass is 252 g/mol. The fourth-order valence-electron chi connectivity index (χ4n) is 1.44.